The van der Waals surface area contributed by atoms with Crippen molar-refractivity contribution in [3.8, 4) is 0 Å². The van der Waals surface area contributed by atoms with Crippen LogP contribution in [-0.4, -0.2) is 47.9 Å². The quantitative estimate of drug-likeness (QED) is 0.693. The minimum Gasteiger partial charge on any atom is -0.461 e. The Morgan fingerprint density at radius 2 is 1.86 bits per heavy atom. The van der Waals surface area contributed by atoms with Gasteiger partial charge in [0.25, 0.3) is 0 Å². The summed E-state index contributed by atoms with van der Waals surface area (Å²) in [5.74, 6) is -0.329. The van der Waals surface area contributed by atoms with Crippen LogP contribution in [0.1, 0.15) is 46.1 Å². The predicted molar refractivity (Wildman–Crippen MR) is 105 cm³/mol. The highest BCUT2D eigenvalue weighted by molar-refractivity contribution is 5.74. The molecule has 1 saturated carbocycles. The van der Waals surface area contributed by atoms with Gasteiger partial charge in [0.05, 0.1) is 18.1 Å². The molecule has 6 nitrogen and oxygen atoms in total. The summed E-state index contributed by atoms with van der Waals surface area (Å²) in [6.07, 6.45) is 1.08. The van der Waals surface area contributed by atoms with Gasteiger partial charge in [0.15, 0.2) is 0 Å². The standard InChI is InChI=1S/C22H31NO5/c1-14(20(24)27-13-15-9-7-6-8-10-15)19(26-5)18-12-16-11-17(16)23(18)21(25)28-22(2,3)4/h6-10,14,16-19H,11-13H2,1-5H3/t14-,16+,17+,18+,19-/m1/s1. The molecule has 6 heteroatoms. The lowest BCUT2D eigenvalue weighted by atomic mass is 9.94. The second kappa shape index (κ2) is 8.11. The van der Waals surface area contributed by atoms with Gasteiger partial charge in [-0.2, -0.15) is 0 Å². The van der Waals surface area contributed by atoms with Gasteiger partial charge in [0.1, 0.15) is 12.2 Å². The number of methoxy groups -OCH3 is 1. The van der Waals surface area contributed by atoms with E-state index in [0.29, 0.717) is 5.92 Å². The number of benzene rings is 1. The molecule has 2 aliphatic rings. The number of likely N-dealkylation sites (tertiary alicyclic amines) is 1. The Morgan fingerprint density at radius 1 is 1.18 bits per heavy atom. The molecular weight excluding hydrogens is 358 g/mol. The molecule has 3 rings (SSSR count). The first-order chi connectivity index (χ1) is 13.2. The summed E-state index contributed by atoms with van der Waals surface area (Å²) >= 11 is 0. The van der Waals surface area contributed by atoms with Crippen LogP contribution in [0.2, 0.25) is 0 Å². The van der Waals surface area contributed by atoms with Gasteiger partial charge in [-0.05, 0) is 52.0 Å². The number of esters is 1. The third-order valence-corrected chi connectivity index (χ3v) is 5.49. The molecule has 1 aromatic carbocycles. The molecule has 28 heavy (non-hydrogen) atoms. The maximum absolute atomic E-state index is 12.8. The summed E-state index contributed by atoms with van der Waals surface area (Å²) in [7, 11) is 1.59. The molecule has 154 valence electrons. The van der Waals surface area contributed by atoms with Crippen LogP contribution in [0.3, 0.4) is 0 Å². The van der Waals surface area contributed by atoms with Gasteiger partial charge in [0.2, 0.25) is 0 Å². The van der Waals surface area contributed by atoms with Crippen LogP contribution >= 0.6 is 0 Å². The third kappa shape index (κ3) is 4.66. The van der Waals surface area contributed by atoms with Crippen LogP contribution in [-0.2, 0) is 25.6 Å². The number of carbonyl (C=O) groups is 2. The molecule has 2 fully saturated rings. The van der Waals surface area contributed by atoms with Crippen molar-refractivity contribution in [2.24, 2.45) is 11.8 Å². The van der Waals surface area contributed by atoms with Crippen LogP contribution in [0.4, 0.5) is 4.79 Å². The van der Waals surface area contributed by atoms with E-state index in [0.717, 1.165) is 18.4 Å². The first-order valence-electron chi connectivity index (χ1n) is 9.96. The monoisotopic (exact) mass is 389 g/mol. The Hall–Kier alpha value is -2.08. The zero-order valence-electron chi connectivity index (χ0n) is 17.4. The van der Waals surface area contributed by atoms with E-state index in [1.54, 1.807) is 18.9 Å². The van der Waals surface area contributed by atoms with Crippen LogP contribution in [0.15, 0.2) is 30.3 Å². The number of amides is 1. The molecule has 0 radical (unpaired) electrons. The molecule has 1 aliphatic heterocycles. The number of piperidine rings is 1. The Labute approximate surface area is 167 Å². The summed E-state index contributed by atoms with van der Waals surface area (Å²) in [5, 5.41) is 0. The van der Waals surface area contributed by atoms with Gasteiger partial charge >= 0.3 is 12.1 Å². The number of hydrogen-bond donors (Lipinski definition) is 0. The highest BCUT2D eigenvalue weighted by Crippen LogP contribution is 2.50. The highest BCUT2D eigenvalue weighted by atomic mass is 16.6. The third-order valence-electron chi connectivity index (χ3n) is 5.49. The number of fused-ring (bicyclic) bond motifs is 1. The highest BCUT2D eigenvalue weighted by Gasteiger charge is 2.58. The maximum atomic E-state index is 12.8. The molecule has 1 aliphatic carbocycles. The second-order valence-electron chi connectivity index (χ2n) is 8.84. The van der Waals surface area contributed by atoms with E-state index in [2.05, 4.69) is 0 Å². The minimum absolute atomic E-state index is 0.178. The summed E-state index contributed by atoms with van der Waals surface area (Å²) in [6.45, 7) is 7.61. The Kier molecular flexibility index (Phi) is 5.98. The summed E-state index contributed by atoms with van der Waals surface area (Å²) in [5.41, 5.74) is 0.381. The fraction of sp³-hybridized carbons (Fsp3) is 0.636. The molecule has 1 heterocycles. The van der Waals surface area contributed by atoms with Crippen LogP contribution in [0.5, 0.6) is 0 Å². The second-order valence-corrected chi connectivity index (χ2v) is 8.84. The lowest BCUT2D eigenvalue weighted by molar-refractivity contribution is -0.156. The van der Waals surface area contributed by atoms with Crippen molar-refractivity contribution in [2.75, 3.05) is 7.11 Å². The molecule has 0 bridgehead atoms. The molecule has 0 aromatic heterocycles. The topological polar surface area (TPSA) is 65.1 Å². The normalized spacial score (nSPS) is 25.6. The van der Waals surface area contributed by atoms with Crippen molar-refractivity contribution in [1.82, 2.24) is 4.90 Å². The lowest BCUT2D eigenvalue weighted by Gasteiger charge is -2.36. The molecular formula is C22H31NO5. The molecule has 5 atom stereocenters. The Balaban J connectivity index is 1.65. The zero-order chi connectivity index (χ0) is 20.5. The maximum Gasteiger partial charge on any atom is 0.410 e. The zero-order valence-corrected chi connectivity index (χ0v) is 17.4. The van der Waals surface area contributed by atoms with Gasteiger partial charge in [-0.1, -0.05) is 30.3 Å². The van der Waals surface area contributed by atoms with Gasteiger partial charge < -0.3 is 14.2 Å². The first-order valence-corrected chi connectivity index (χ1v) is 9.96. The smallest absolute Gasteiger partial charge is 0.410 e. The molecule has 1 amide bonds. The Morgan fingerprint density at radius 3 is 2.46 bits per heavy atom. The average Bonchev–Trinajstić information content (AvgIpc) is 3.29. The van der Waals surface area contributed by atoms with E-state index >= 15 is 0 Å². The fourth-order valence-corrected chi connectivity index (χ4v) is 4.06. The summed E-state index contributed by atoms with van der Waals surface area (Å²) in [4.78, 5) is 27.2. The predicted octanol–water partition coefficient (Wildman–Crippen LogP) is 3.78. The average molecular weight is 389 g/mol. The minimum atomic E-state index is -0.558. The number of nitrogens with zero attached hydrogens (tertiary/aromatic N) is 1. The van der Waals surface area contributed by atoms with Crippen LogP contribution < -0.4 is 0 Å². The van der Waals surface area contributed by atoms with E-state index in [-0.39, 0.29) is 30.8 Å². The van der Waals surface area contributed by atoms with Gasteiger partial charge in [-0.25, -0.2) is 4.79 Å². The van der Waals surface area contributed by atoms with Crippen molar-refractivity contribution >= 4 is 12.1 Å². The van der Waals surface area contributed by atoms with Crippen LogP contribution in [0.25, 0.3) is 0 Å². The lowest BCUT2D eigenvalue weighted by Crippen LogP contribution is -2.51. The van der Waals surface area contributed by atoms with E-state index in [9.17, 15) is 9.59 Å². The van der Waals surface area contributed by atoms with E-state index in [1.807, 2.05) is 51.1 Å². The number of hydrogen-bond acceptors (Lipinski definition) is 5. The van der Waals surface area contributed by atoms with Crippen molar-refractivity contribution in [2.45, 2.75) is 70.9 Å². The largest absolute Gasteiger partial charge is 0.461 e. The van der Waals surface area contributed by atoms with E-state index < -0.39 is 17.6 Å². The van der Waals surface area contributed by atoms with Crippen molar-refractivity contribution in [3.05, 3.63) is 35.9 Å². The molecule has 0 spiro atoms. The number of rotatable bonds is 6. The van der Waals surface area contributed by atoms with E-state index in [1.165, 1.54) is 0 Å². The van der Waals surface area contributed by atoms with Gasteiger partial charge in [0, 0.05) is 13.2 Å². The number of carbonyl (C=O) groups excluding carboxylic acids is 2. The molecule has 1 saturated heterocycles. The number of ether oxygens (including phenoxy) is 3. The molecule has 1 aromatic rings. The van der Waals surface area contributed by atoms with Gasteiger partial charge in [-0.15, -0.1) is 0 Å². The molecule has 0 N–H and O–H groups in total. The van der Waals surface area contributed by atoms with E-state index in [4.69, 9.17) is 14.2 Å². The SMILES string of the molecule is CO[C@H]([C@@H](C)C(=O)OCc1ccccc1)[C@@H]1C[C@@H]2C[C@@H]2N1C(=O)OC(C)(C)C. The van der Waals surface area contributed by atoms with Crippen molar-refractivity contribution in [1.29, 1.82) is 0 Å². The fourth-order valence-electron chi connectivity index (χ4n) is 4.06. The van der Waals surface area contributed by atoms with Gasteiger partial charge in [-0.3, -0.25) is 9.69 Å². The Bertz CT molecular complexity index is 699. The van der Waals surface area contributed by atoms with Crippen molar-refractivity contribution < 1.29 is 23.8 Å². The summed E-state index contributed by atoms with van der Waals surface area (Å²) in [6, 6.07) is 9.60. The first kappa shape index (κ1) is 20.6. The van der Waals surface area contributed by atoms with Crippen LogP contribution in [0, 0.1) is 11.8 Å². The van der Waals surface area contributed by atoms with Crippen molar-refractivity contribution in [3.63, 3.8) is 0 Å². The molecule has 0 unspecified atom stereocenters. The summed E-state index contributed by atoms with van der Waals surface area (Å²) < 4.78 is 16.8.